The van der Waals surface area contributed by atoms with E-state index in [1.807, 2.05) is 51.1 Å². The maximum absolute atomic E-state index is 13.3. The molecule has 1 atom stereocenters. The summed E-state index contributed by atoms with van der Waals surface area (Å²) >= 11 is 0. The van der Waals surface area contributed by atoms with Crippen molar-refractivity contribution in [3.63, 3.8) is 0 Å². The number of alkyl halides is 3. The second-order valence-corrected chi connectivity index (χ2v) is 10.9. The molecule has 0 saturated carbocycles. The molecule has 0 radical (unpaired) electrons. The molecule has 0 aromatic heterocycles. The summed E-state index contributed by atoms with van der Waals surface area (Å²) < 4.78 is 57.8. The maximum Gasteiger partial charge on any atom is 0.401 e. The summed E-state index contributed by atoms with van der Waals surface area (Å²) in [5.41, 5.74) is 0.164. The molecule has 2 aliphatic rings. The second-order valence-electron chi connectivity index (χ2n) is 10.9. The molecule has 1 spiro atoms. The Kier molecular flexibility index (Phi) is 7.76. The van der Waals surface area contributed by atoms with E-state index < -0.39 is 30.0 Å². The van der Waals surface area contributed by atoms with E-state index >= 15 is 0 Å². The average Bonchev–Trinajstić information content (AvgIpc) is 2.82. The third-order valence-corrected chi connectivity index (χ3v) is 6.69. The fraction of sp³-hybridized carbons (Fsp3) is 0.536. The van der Waals surface area contributed by atoms with E-state index in [0.717, 1.165) is 5.56 Å². The number of amides is 1. The zero-order chi connectivity index (χ0) is 26.8. The summed E-state index contributed by atoms with van der Waals surface area (Å²) in [6.45, 7) is 5.96. The molecule has 4 rings (SSSR count). The highest BCUT2D eigenvalue weighted by Crippen LogP contribution is 2.39. The highest BCUT2D eigenvalue weighted by molar-refractivity contribution is 5.95. The van der Waals surface area contributed by atoms with E-state index in [1.54, 1.807) is 23.1 Å². The number of hydrogen-bond donors (Lipinski definition) is 0. The molecule has 2 heterocycles. The van der Waals surface area contributed by atoms with Gasteiger partial charge in [0.1, 0.15) is 5.60 Å². The standard InChI is InChI=1S/C28H35F3N2O4/c1-26(2,3)36-22-11-10-21(16-23(22)35-4)25(34)33-14-12-27(13-15-33)18-32(19-28(29,30)31)17-24(37-27)20-8-6-5-7-9-20/h5-11,16,24H,12-15,17-19H2,1-4H3. The number of carbonyl (C=O) groups excluding carboxylic acids is 1. The van der Waals surface area contributed by atoms with Crippen molar-refractivity contribution in [2.24, 2.45) is 0 Å². The Bertz CT molecular complexity index is 1080. The number of nitrogens with zero attached hydrogens (tertiary/aromatic N) is 2. The van der Waals surface area contributed by atoms with Crippen LogP contribution in [-0.4, -0.2) is 72.9 Å². The lowest BCUT2D eigenvalue weighted by atomic mass is 9.87. The lowest BCUT2D eigenvalue weighted by Gasteiger charge is -2.50. The number of hydrogen-bond acceptors (Lipinski definition) is 5. The van der Waals surface area contributed by atoms with Crippen LogP contribution in [0.1, 0.15) is 55.6 Å². The molecule has 1 amide bonds. The van der Waals surface area contributed by atoms with Crippen molar-refractivity contribution in [2.75, 3.05) is 39.8 Å². The van der Waals surface area contributed by atoms with E-state index in [-0.39, 0.29) is 19.0 Å². The van der Waals surface area contributed by atoms with Crippen LogP contribution in [0.2, 0.25) is 0 Å². The van der Waals surface area contributed by atoms with Crippen LogP contribution in [-0.2, 0) is 4.74 Å². The molecule has 2 aliphatic heterocycles. The van der Waals surface area contributed by atoms with Gasteiger partial charge in [0, 0.05) is 31.7 Å². The topological polar surface area (TPSA) is 51.2 Å². The normalized spacial score (nSPS) is 20.6. The van der Waals surface area contributed by atoms with Crippen LogP contribution in [0.5, 0.6) is 11.5 Å². The molecule has 1 unspecified atom stereocenters. The van der Waals surface area contributed by atoms with E-state index in [4.69, 9.17) is 14.2 Å². The smallest absolute Gasteiger partial charge is 0.401 e. The predicted molar refractivity (Wildman–Crippen MR) is 134 cm³/mol. The number of halogens is 3. The van der Waals surface area contributed by atoms with Gasteiger partial charge in [0.25, 0.3) is 5.91 Å². The summed E-state index contributed by atoms with van der Waals surface area (Å²) in [5, 5.41) is 0. The van der Waals surface area contributed by atoms with Gasteiger partial charge in [-0.3, -0.25) is 9.69 Å². The van der Waals surface area contributed by atoms with Crippen molar-refractivity contribution in [1.82, 2.24) is 9.80 Å². The van der Waals surface area contributed by atoms with Gasteiger partial charge in [-0.2, -0.15) is 13.2 Å². The molecule has 9 heteroatoms. The van der Waals surface area contributed by atoms with Crippen LogP contribution in [0, 0.1) is 0 Å². The maximum atomic E-state index is 13.3. The first-order valence-electron chi connectivity index (χ1n) is 12.5. The van der Waals surface area contributed by atoms with Gasteiger partial charge in [0.05, 0.1) is 25.4 Å². The Hall–Kier alpha value is -2.78. The fourth-order valence-electron chi connectivity index (χ4n) is 5.09. The summed E-state index contributed by atoms with van der Waals surface area (Å²) in [5.74, 6) is 0.868. The molecule has 2 saturated heterocycles. The Morgan fingerprint density at radius 2 is 1.73 bits per heavy atom. The Morgan fingerprint density at radius 1 is 1.05 bits per heavy atom. The molecular formula is C28H35F3N2O4. The van der Waals surface area contributed by atoms with Crippen LogP contribution >= 0.6 is 0 Å². The van der Waals surface area contributed by atoms with Gasteiger partial charge in [-0.15, -0.1) is 0 Å². The Labute approximate surface area is 216 Å². The Morgan fingerprint density at radius 3 is 2.32 bits per heavy atom. The number of piperidine rings is 1. The zero-order valence-corrected chi connectivity index (χ0v) is 21.8. The first kappa shape index (κ1) is 27.3. The van der Waals surface area contributed by atoms with Crippen molar-refractivity contribution in [3.05, 3.63) is 59.7 Å². The number of morpholine rings is 1. The second kappa shape index (κ2) is 10.5. The zero-order valence-electron chi connectivity index (χ0n) is 21.8. The molecule has 6 nitrogen and oxygen atoms in total. The highest BCUT2D eigenvalue weighted by atomic mass is 19.4. The van der Waals surface area contributed by atoms with Crippen molar-refractivity contribution in [3.8, 4) is 11.5 Å². The molecule has 2 aromatic carbocycles. The van der Waals surface area contributed by atoms with Crippen molar-refractivity contribution in [1.29, 1.82) is 0 Å². The van der Waals surface area contributed by atoms with Gasteiger partial charge in [-0.1, -0.05) is 30.3 Å². The van der Waals surface area contributed by atoms with Crippen LogP contribution < -0.4 is 9.47 Å². The van der Waals surface area contributed by atoms with Gasteiger partial charge in [0.2, 0.25) is 0 Å². The predicted octanol–water partition coefficient (Wildman–Crippen LogP) is 5.48. The molecule has 202 valence electrons. The summed E-state index contributed by atoms with van der Waals surface area (Å²) in [4.78, 5) is 16.5. The molecule has 0 N–H and O–H groups in total. The third kappa shape index (κ3) is 6.96. The monoisotopic (exact) mass is 520 g/mol. The SMILES string of the molecule is COc1cc(C(=O)N2CCC3(CC2)CN(CC(F)(F)F)CC(c2ccccc2)O3)ccc1OC(C)(C)C. The lowest BCUT2D eigenvalue weighted by molar-refractivity contribution is -0.205. The minimum Gasteiger partial charge on any atom is -0.493 e. The van der Waals surface area contributed by atoms with Crippen LogP contribution in [0.4, 0.5) is 13.2 Å². The molecule has 0 aliphatic carbocycles. The van der Waals surface area contributed by atoms with Crippen LogP contribution in [0.15, 0.2) is 48.5 Å². The van der Waals surface area contributed by atoms with E-state index in [2.05, 4.69) is 0 Å². The van der Waals surface area contributed by atoms with Gasteiger partial charge >= 0.3 is 6.18 Å². The quantitative estimate of drug-likeness (QED) is 0.523. The number of ether oxygens (including phenoxy) is 3. The largest absolute Gasteiger partial charge is 0.493 e. The van der Waals surface area contributed by atoms with Crippen LogP contribution in [0.25, 0.3) is 0 Å². The summed E-state index contributed by atoms with van der Waals surface area (Å²) in [7, 11) is 1.53. The molecule has 37 heavy (non-hydrogen) atoms. The van der Waals surface area contributed by atoms with E-state index in [1.165, 1.54) is 12.0 Å². The van der Waals surface area contributed by atoms with Crippen molar-refractivity contribution < 1.29 is 32.2 Å². The highest BCUT2D eigenvalue weighted by Gasteiger charge is 2.46. The third-order valence-electron chi connectivity index (χ3n) is 6.69. The Balaban J connectivity index is 1.48. The van der Waals surface area contributed by atoms with Gasteiger partial charge in [-0.25, -0.2) is 0 Å². The minimum absolute atomic E-state index is 0.155. The molecule has 2 fully saturated rings. The fourth-order valence-corrected chi connectivity index (χ4v) is 5.09. The molecule has 0 bridgehead atoms. The number of methoxy groups -OCH3 is 1. The summed E-state index contributed by atoms with van der Waals surface area (Å²) in [6.07, 6.45) is -3.84. The lowest BCUT2D eigenvalue weighted by Crippen LogP contribution is -2.59. The first-order chi connectivity index (χ1) is 17.4. The first-order valence-corrected chi connectivity index (χ1v) is 12.5. The minimum atomic E-state index is -4.29. The molecule has 2 aromatic rings. The van der Waals surface area contributed by atoms with Gasteiger partial charge in [0.15, 0.2) is 11.5 Å². The number of likely N-dealkylation sites (tertiary alicyclic amines) is 1. The van der Waals surface area contributed by atoms with Crippen molar-refractivity contribution >= 4 is 5.91 Å². The van der Waals surface area contributed by atoms with E-state index in [9.17, 15) is 18.0 Å². The van der Waals surface area contributed by atoms with Gasteiger partial charge in [-0.05, 0) is 57.4 Å². The number of rotatable bonds is 5. The van der Waals surface area contributed by atoms with Crippen LogP contribution in [0.3, 0.4) is 0 Å². The summed E-state index contributed by atoms with van der Waals surface area (Å²) in [6, 6.07) is 14.5. The van der Waals surface area contributed by atoms with E-state index in [0.29, 0.717) is 43.0 Å². The average molecular weight is 521 g/mol. The number of benzene rings is 2. The van der Waals surface area contributed by atoms with Crippen molar-refractivity contribution in [2.45, 2.75) is 57.1 Å². The van der Waals surface area contributed by atoms with Gasteiger partial charge < -0.3 is 19.1 Å². The number of carbonyl (C=O) groups is 1. The molecular weight excluding hydrogens is 485 g/mol.